The van der Waals surface area contributed by atoms with E-state index in [4.69, 9.17) is 0 Å². The molecule has 2 heterocycles. The molecule has 1 atom stereocenters. The fraction of sp³-hybridized carbons (Fsp3) is 0.333. The van der Waals surface area contributed by atoms with Gasteiger partial charge in [0.1, 0.15) is 6.04 Å². The number of nitrogens with one attached hydrogen (secondary N) is 1. The molecule has 0 bridgehead atoms. The van der Waals surface area contributed by atoms with Gasteiger partial charge in [0, 0.05) is 6.54 Å². The van der Waals surface area contributed by atoms with E-state index in [2.05, 4.69) is 5.32 Å². The molecule has 2 amide bonds. The van der Waals surface area contributed by atoms with E-state index in [1.165, 1.54) is 5.56 Å². The smallest absolute Gasteiger partial charge is 0.247 e. The molecule has 1 aromatic carbocycles. The summed E-state index contributed by atoms with van der Waals surface area (Å²) < 4.78 is 0. The molecule has 0 saturated carbocycles. The summed E-state index contributed by atoms with van der Waals surface area (Å²) >= 11 is 0. The van der Waals surface area contributed by atoms with E-state index < -0.39 is 6.04 Å². The van der Waals surface area contributed by atoms with E-state index in [1.807, 2.05) is 24.3 Å². The molecule has 2 aliphatic heterocycles. The number of carbonyl (C=O) groups excluding carboxylic acids is 2. The second-order valence-electron chi connectivity index (χ2n) is 4.16. The lowest BCUT2D eigenvalue weighted by Gasteiger charge is -2.39. The molecule has 1 fully saturated rings. The van der Waals surface area contributed by atoms with Crippen molar-refractivity contribution in [3.63, 3.8) is 0 Å². The van der Waals surface area contributed by atoms with Crippen LogP contribution < -0.4 is 5.32 Å². The van der Waals surface area contributed by atoms with Gasteiger partial charge in [0.2, 0.25) is 11.8 Å². The maximum Gasteiger partial charge on any atom is 0.247 e. The predicted octanol–water partition coefficient (Wildman–Crippen LogP) is 0.242. The molecule has 0 spiro atoms. The van der Waals surface area contributed by atoms with Crippen LogP contribution in [0.3, 0.4) is 0 Å². The fourth-order valence-electron chi connectivity index (χ4n) is 2.48. The van der Waals surface area contributed by atoms with Gasteiger partial charge in [-0.1, -0.05) is 24.3 Å². The van der Waals surface area contributed by atoms with Crippen molar-refractivity contribution in [2.24, 2.45) is 0 Å². The molecule has 82 valence electrons. The highest BCUT2D eigenvalue weighted by Gasteiger charge is 2.38. The first-order chi connectivity index (χ1) is 7.77. The second-order valence-corrected chi connectivity index (χ2v) is 4.16. The average molecular weight is 216 g/mol. The van der Waals surface area contributed by atoms with Crippen LogP contribution in [0.5, 0.6) is 0 Å². The lowest BCUT2D eigenvalue weighted by atomic mass is 9.91. The molecular formula is C12H12N2O2. The highest BCUT2D eigenvalue weighted by Crippen LogP contribution is 2.31. The number of carbonyl (C=O) groups is 2. The van der Waals surface area contributed by atoms with Crippen molar-refractivity contribution in [2.75, 3.05) is 13.1 Å². The van der Waals surface area contributed by atoms with Crippen LogP contribution in [0.1, 0.15) is 17.2 Å². The van der Waals surface area contributed by atoms with Gasteiger partial charge >= 0.3 is 0 Å². The van der Waals surface area contributed by atoms with E-state index in [-0.39, 0.29) is 18.4 Å². The third-order valence-corrected chi connectivity index (χ3v) is 3.27. The number of hydrogen-bond donors (Lipinski definition) is 1. The van der Waals surface area contributed by atoms with Crippen molar-refractivity contribution >= 4 is 11.8 Å². The third-order valence-electron chi connectivity index (χ3n) is 3.27. The standard InChI is InChI=1S/C12H12N2O2/c15-10-7-13-12(16)11-9-4-2-1-3-8(9)5-6-14(10)11/h1-4,11H,5-7H2,(H,13,16). The van der Waals surface area contributed by atoms with E-state index >= 15 is 0 Å². The van der Waals surface area contributed by atoms with Crippen molar-refractivity contribution in [2.45, 2.75) is 12.5 Å². The SMILES string of the molecule is O=C1NCC(=O)N2CCc3ccccc3C12. The Labute approximate surface area is 93.2 Å². The largest absolute Gasteiger partial charge is 0.345 e. The van der Waals surface area contributed by atoms with Gasteiger partial charge < -0.3 is 10.2 Å². The Balaban J connectivity index is 2.09. The highest BCUT2D eigenvalue weighted by molar-refractivity contribution is 5.96. The number of benzene rings is 1. The first-order valence-electron chi connectivity index (χ1n) is 5.42. The zero-order valence-corrected chi connectivity index (χ0v) is 8.77. The van der Waals surface area contributed by atoms with Gasteiger partial charge in [0.25, 0.3) is 0 Å². The summed E-state index contributed by atoms with van der Waals surface area (Å²) in [6, 6.07) is 7.43. The van der Waals surface area contributed by atoms with Crippen LogP contribution in [-0.4, -0.2) is 29.8 Å². The topological polar surface area (TPSA) is 49.4 Å². The zero-order chi connectivity index (χ0) is 11.1. The Hall–Kier alpha value is -1.84. The third kappa shape index (κ3) is 1.23. The Kier molecular flexibility index (Phi) is 1.96. The van der Waals surface area contributed by atoms with Gasteiger partial charge in [-0.25, -0.2) is 0 Å². The molecule has 4 nitrogen and oxygen atoms in total. The molecule has 0 radical (unpaired) electrons. The molecule has 2 aliphatic rings. The molecule has 1 unspecified atom stereocenters. The maximum atomic E-state index is 11.8. The van der Waals surface area contributed by atoms with Crippen LogP contribution in [0.2, 0.25) is 0 Å². The van der Waals surface area contributed by atoms with E-state index in [1.54, 1.807) is 4.90 Å². The number of piperazine rings is 1. The summed E-state index contributed by atoms with van der Waals surface area (Å²) in [6.07, 6.45) is 0.839. The molecule has 1 saturated heterocycles. The van der Waals surface area contributed by atoms with Crippen LogP contribution >= 0.6 is 0 Å². The van der Waals surface area contributed by atoms with Crippen LogP contribution in [0.15, 0.2) is 24.3 Å². The second kappa shape index (κ2) is 3.33. The maximum absolute atomic E-state index is 11.8. The van der Waals surface area contributed by atoms with Crippen molar-refractivity contribution < 1.29 is 9.59 Å². The van der Waals surface area contributed by atoms with Crippen molar-refractivity contribution in [1.29, 1.82) is 0 Å². The minimum Gasteiger partial charge on any atom is -0.345 e. The van der Waals surface area contributed by atoms with Crippen molar-refractivity contribution in [3.05, 3.63) is 35.4 Å². The summed E-state index contributed by atoms with van der Waals surface area (Å²) in [5.74, 6) is -0.0501. The molecule has 0 aromatic heterocycles. The Morgan fingerprint density at radius 2 is 2.06 bits per heavy atom. The zero-order valence-electron chi connectivity index (χ0n) is 8.77. The van der Waals surface area contributed by atoms with Crippen LogP contribution in [0.25, 0.3) is 0 Å². The number of amides is 2. The Morgan fingerprint density at radius 3 is 2.94 bits per heavy atom. The van der Waals surface area contributed by atoms with Gasteiger partial charge in [-0.3, -0.25) is 9.59 Å². The number of hydrogen-bond acceptors (Lipinski definition) is 2. The van der Waals surface area contributed by atoms with E-state index in [9.17, 15) is 9.59 Å². The molecular weight excluding hydrogens is 204 g/mol. The Bertz CT molecular complexity index is 470. The summed E-state index contributed by atoms with van der Waals surface area (Å²) in [5.41, 5.74) is 2.15. The first kappa shape index (κ1) is 9.39. The van der Waals surface area contributed by atoms with Gasteiger partial charge in [-0.05, 0) is 17.5 Å². The van der Waals surface area contributed by atoms with Gasteiger partial charge in [0.15, 0.2) is 0 Å². The van der Waals surface area contributed by atoms with E-state index in [0.717, 1.165) is 12.0 Å². The first-order valence-corrected chi connectivity index (χ1v) is 5.42. The van der Waals surface area contributed by atoms with Crippen molar-refractivity contribution in [1.82, 2.24) is 10.2 Å². The number of nitrogens with zero attached hydrogens (tertiary/aromatic N) is 1. The van der Waals surface area contributed by atoms with E-state index in [0.29, 0.717) is 6.54 Å². The molecule has 16 heavy (non-hydrogen) atoms. The monoisotopic (exact) mass is 216 g/mol. The summed E-state index contributed by atoms with van der Waals surface area (Å²) in [6.45, 7) is 0.783. The minimum absolute atomic E-state index is 0.0131. The predicted molar refractivity (Wildman–Crippen MR) is 57.6 cm³/mol. The summed E-state index contributed by atoms with van der Waals surface area (Å²) in [7, 11) is 0. The van der Waals surface area contributed by atoms with Gasteiger partial charge in [-0.2, -0.15) is 0 Å². The van der Waals surface area contributed by atoms with Crippen molar-refractivity contribution in [3.8, 4) is 0 Å². The molecule has 1 N–H and O–H groups in total. The van der Waals surface area contributed by atoms with Crippen LogP contribution in [-0.2, 0) is 16.0 Å². The normalized spacial score (nSPS) is 23.5. The fourth-order valence-corrected chi connectivity index (χ4v) is 2.48. The lowest BCUT2D eigenvalue weighted by molar-refractivity contribution is -0.146. The molecule has 4 heteroatoms. The number of fused-ring (bicyclic) bond motifs is 3. The molecule has 0 aliphatic carbocycles. The van der Waals surface area contributed by atoms with Gasteiger partial charge in [0.05, 0.1) is 6.54 Å². The minimum atomic E-state index is -0.411. The number of rotatable bonds is 0. The lowest BCUT2D eigenvalue weighted by Crippen LogP contribution is -2.55. The summed E-state index contributed by atoms with van der Waals surface area (Å²) in [5, 5.41) is 2.64. The molecule has 1 aromatic rings. The van der Waals surface area contributed by atoms with Gasteiger partial charge in [-0.15, -0.1) is 0 Å². The molecule has 3 rings (SSSR count). The van der Waals surface area contributed by atoms with Crippen LogP contribution in [0.4, 0.5) is 0 Å². The highest BCUT2D eigenvalue weighted by atomic mass is 16.2. The quantitative estimate of drug-likeness (QED) is 0.675. The summed E-state index contributed by atoms with van der Waals surface area (Å²) in [4.78, 5) is 25.2. The Morgan fingerprint density at radius 1 is 1.25 bits per heavy atom. The average Bonchev–Trinajstić information content (AvgIpc) is 2.33. The van der Waals surface area contributed by atoms with Crippen LogP contribution in [0, 0.1) is 0 Å².